The molecule has 3 aromatic rings. The summed E-state index contributed by atoms with van der Waals surface area (Å²) >= 11 is 6.55. The van der Waals surface area contributed by atoms with Gasteiger partial charge in [-0.2, -0.15) is 4.98 Å². The molecule has 0 amide bonds. The molecule has 1 aromatic heterocycles. The smallest absolute Gasteiger partial charge is 0.225 e. The largest absolute Gasteiger partial charge is 0.507 e. The minimum absolute atomic E-state index is 0.0114. The number of nitrogens with one attached hydrogen (secondary N) is 1. The second-order valence-corrected chi connectivity index (χ2v) is 11.1. The molecule has 0 radical (unpaired) electrons. The molecule has 3 N–H and O–H groups in total. The van der Waals surface area contributed by atoms with Crippen molar-refractivity contribution in [2.45, 2.75) is 45.0 Å². The van der Waals surface area contributed by atoms with Crippen LogP contribution in [-0.2, 0) is 0 Å². The number of piperazine rings is 1. The lowest BCUT2D eigenvalue weighted by atomic mass is 10.0. The minimum Gasteiger partial charge on any atom is -0.507 e. The van der Waals surface area contributed by atoms with Crippen molar-refractivity contribution in [1.29, 1.82) is 0 Å². The minimum atomic E-state index is -0.829. The number of halogens is 3. The summed E-state index contributed by atoms with van der Waals surface area (Å²) < 4.78 is 31.1. The van der Waals surface area contributed by atoms with Crippen LogP contribution in [0.3, 0.4) is 0 Å². The van der Waals surface area contributed by atoms with E-state index in [0.717, 1.165) is 32.0 Å². The number of benzene rings is 2. The first kappa shape index (κ1) is 28.5. The zero-order valence-corrected chi connectivity index (χ0v) is 23.5. The quantitative estimate of drug-likeness (QED) is 0.347. The molecule has 3 heterocycles. The van der Waals surface area contributed by atoms with E-state index in [1.54, 1.807) is 0 Å². The molecule has 5 rings (SSSR count). The average molecular weight is 573 g/mol. The Kier molecular flexibility index (Phi) is 8.42. The summed E-state index contributed by atoms with van der Waals surface area (Å²) in [6.45, 7) is 12.0. The summed E-state index contributed by atoms with van der Waals surface area (Å²) in [7, 11) is 0. The molecule has 0 bridgehead atoms. The van der Waals surface area contributed by atoms with Crippen molar-refractivity contribution in [3.05, 3.63) is 53.6 Å². The number of likely N-dealkylation sites (tertiary alicyclic amines) is 1. The number of phenolic OH excluding ortho intramolecular Hbond substituents is 1. The van der Waals surface area contributed by atoms with Crippen LogP contribution >= 0.6 is 11.6 Å². The highest BCUT2D eigenvalue weighted by atomic mass is 35.5. The summed E-state index contributed by atoms with van der Waals surface area (Å²) in [6, 6.07) is 5.90. The highest BCUT2D eigenvalue weighted by Crippen LogP contribution is 2.42. The van der Waals surface area contributed by atoms with Gasteiger partial charge in [-0.15, -0.1) is 0 Å². The fraction of sp³-hybridized carbons (Fsp3) is 0.448. The zero-order chi connectivity index (χ0) is 28.6. The second kappa shape index (κ2) is 11.8. The van der Waals surface area contributed by atoms with Crippen molar-refractivity contribution < 1.29 is 19.0 Å². The molecule has 0 spiro atoms. The third-order valence-electron chi connectivity index (χ3n) is 7.90. The predicted molar refractivity (Wildman–Crippen MR) is 155 cm³/mol. The fourth-order valence-electron chi connectivity index (χ4n) is 5.57. The maximum atomic E-state index is 16.3. The van der Waals surface area contributed by atoms with Crippen molar-refractivity contribution in [2.75, 3.05) is 49.5 Å². The Labute approximate surface area is 237 Å². The van der Waals surface area contributed by atoms with E-state index in [9.17, 15) is 14.6 Å². The van der Waals surface area contributed by atoms with E-state index in [0.29, 0.717) is 43.4 Å². The van der Waals surface area contributed by atoms with Gasteiger partial charge in [-0.25, -0.2) is 13.8 Å². The number of rotatable bonds is 7. The molecule has 2 aromatic carbocycles. The lowest BCUT2D eigenvalue weighted by Crippen LogP contribution is -2.50. The lowest BCUT2D eigenvalue weighted by Gasteiger charge is -2.37. The number of hydrogen-bond donors (Lipinski definition) is 3. The summed E-state index contributed by atoms with van der Waals surface area (Å²) in [5.74, 6) is -1.25. The van der Waals surface area contributed by atoms with Crippen LogP contribution in [0, 0.1) is 11.6 Å². The van der Waals surface area contributed by atoms with E-state index >= 15 is 4.39 Å². The molecule has 40 heavy (non-hydrogen) atoms. The number of hydrogen-bond acceptors (Lipinski definition) is 8. The monoisotopic (exact) mass is 572 g/mol. The molecule has 1 atom stereocenters. The van der Waals surface area contributed by atoms with Crippen LogP contribution in [0.2, 0.25) is 5.02 Å². The molecule has 8 nitrogen and oxygen atoms in total. The molecule has 2 fully saturated rings. The summed E-state index contributed by atoms with van der Waals surface area (Å²) in [4.78, 5) is 15.7. The highest BCUT2D eigenvalue weighted by Gasteiger charge is 2.28. The van der Waals surface area contributed by atoms with Crippen molar-refractivity contribution in [1.82, 2.24) is 19.8 Å². The van der Waals surface area contributed by atoms with Crippen LogP contribution in [0.5, 0.6) is 5.75 Å². The second-order valence-electron chi connectivity index (χ2n) is 10.7. The van der Waals surface area contributed by atoms with Gasteiger partial charge in [0.25, 0.3) is 0 Å². The number of aromatic nitrogens is 2. The molecule has 0 aliphatic carbocycles. The highest BCUT2D eigenvalue weighted by molar-refractivity contribution is 6.34. The van der Waals surface area contributed by atoms with Gasteiger partial charge in [0.1, 0.15) is 29.1 Å². The van der Waals surface area contributed by atoms with E-state index < -0.39 is 23.6 Å². The molecule has 2 aliphatic heterocycles. The van der Waals surface area contributed by atoms with E-state index in [1.807, 2.05) is 9.80 Å². The molecule has 2 aliphatic rings. The van der Waals surface area contributed by atoms with Crippen LogP contribution in [0.15, 0.2) is 36.9 Å². The van der Waals surface area contributed by atoms with Crippen LogP contribution < -0.4 is 10.2 Å². The van der Waals surface area contributed by atoms with Crippen molar-refractivity contribution in [3.8, 4) is 16.9 Å². The number of aliphatic hydroxyl groups is 1. The maximum absolute atomic E-state index is 16.3. The van der Waals surface area contributed by atoms with Gasteiger partial charge in [0.05, 0.1) is 10.6 Å². The van der Waals surface area contributed by atoms with Crippen molar-refractivity contribution in [2.24, 2.45) is 0 Å². The van der Waals surface area contributed by atoms with Crippen LogP contribution in [0.4, 0.5) is 20.5 Å². The number of anilines is 2. The average Bonchev–Trinajstić information content (AvgIpc) is 2.94. The maximum Gasteiger partial charge on any atom is 0.225 e. The Morgan fingerprint density at radius 1 is 1.05 bits per heavy atom. The van der Waals surface area contributed by atoms with Gasteiger partial charge < -0.3 is 25.3 Å². The van der Waals surface area contributed by atoms with Crippen LogP contribution in [0.25, 0.3) is 22.0 Å². The summed E-state index contributed by atoms with van der Waals surface area (Å²) in [5, 5.41) is 24.3. The first-order valence-corrected chi connectivity index (χ1v) is 14.0. The topological polar surface area (TPSA) is 88.0 Å². The van der Waals surface area contributed by atoms with Crippen LogP contribution in [0.1, 0.15) is 26.7 Å². The number of phenols is 1. The van der Waals surface area contributed by atoms with Gasteiger partial charge >= 0.3 is 0 Å². The Morgan fingerprint density at radius 3 is 2.38 bits per heavy atom. The van der Waals surface area contributed by atoms with Crippen LogP contribution in [-0.4, -0.2) is 87.6 Å². The summed E-state index contributed by atoms with van der Waals surface area (Å²) in [5.41, 5.74) is -0.568. The fourth-order valence-corrected chi connectivity index (χ4v) is 5.85. The van der Waals surface area contributed by atoms with Gasteiger partial charge in [0.15, 0.2) is 5.82 Å². The Bertz CT molecular complexity index is 1370. The van der Waals surface area contributed by atoms with E-state index in [4.69, 9.17) is 16.6 Å². The van der Waals surface area contributed by atoms with Gasteiger partial charge in [-0.3, -0.25) is 4.90 Å². The first-order valence-electron chi connectivity index (χ1n) is 13.7. The van der Waals surface area contributed by atoms with Gasteiger partial charge in [-0.05, 0) is 51.0 Å². The molecule has 0 saturated carbocycles. The van der Waals surface area contributed by atoms with Gasteiger partial charge in [0, 0.05) is 62.3 Å². The third-order valence-corrected chi connectivity index (χ3v) is 8.19. The number of aliphatic hydroxyl groups excluding tert-OH is 1. The lowest BCUT2D eigenvalue weighted by molar-refractivity contribution is 0.0380. The Hall–Kier alpha value is -3.05. The Morgan fingerprint density at radius 2 is 1.75 bits per heavy atom. The van der Waals surface area contributed by atoms with Crippen molar-refractivity contribution >= 4 is 34.3 Å². The predicted octanol–water partition coefficient (Wildman–Crippen LogP) is 4.85. The molecule has 1 unspecified atom stereocenters. The Balaban J connectivity index is 1.57. The zero-order valence-electron chi connectivity index (χ0n) is 22.7. The van der Waals surface area contributed by atoms with Crippen molar-refractivity contribution in [3.63, 3.8) is 0 Å². The van der Waals surface area contributed by atoms with Gasteiger partial charge in [-0.1, -0.05) is 24.2 Å². The number of piperidine rings is 1. The van der Waals surface area contributed by atoms with E-state index in [2.05, 4.69) is 35.6 Å². The van der Waals surface area contributed by atoms with E-state index in [-0.39, 0.29) is 33.7 Å². The summed E-state index contributed by atoms with van der Waals surface area (Å²) in [6.07, 6.45) is 2.52. The SMILES string of the molecule is C=CC(O)N1CCN(c2nc(NC3CCN(C(C)C)CC3)nc3c(F)c(-c4c(O)cccc4F)c(Cl)cc23)CC1. The molecule has 214 valence electrons. The van der Waals surface area contributed by atoms with E-state index in [1.165, 1.54) is 24.3 Å². The molecule has 2 saturated heterocycles. The molecular formula is C29H35ClF2N6O2. The standard InChI is InChI=1S/C29H35ClF2N6O2/c1-4-23(40)37-12-14-38(15-13-37)28-19-16-20(30)24(25-21(31)6-5-7-22(25)39)26(32)27(19)34-29(35-28)33-18-8-10-36(11-9-18)17(2)3/h4-7,16-18,23,39-40H,1,8-15H2,2-3H3,(H,33,34,35). The first-order chi connectivity index (χ1) is 19.2. The molecule has 11 heteroatoms. The third kappa shape index (κ3) is 5.58. The number of aromatic hydroxyl groups is 1. The van der Waals surface area contributed by atoms with Gasteiger partial charge in [0.2, 0.25) is 5.95 Å². The number of fused-ring (bicyclic) bond motifs is 1. The molecular weight excluding hydrogens is 538 g/mol. The normalized spacial score (nSPS) is 18.4. The number of nitrogens with zero attached hydrogens (tertiary/aromatic N) is 5.